The van der Waals surface area contributed by atoms with Gasteiger partial charge in [0.05, 0.1) is 28.8 Å². The number of benzene rings is 2. The lowest BCUT2D eigenvalue weighted by atomic mass is 9.74. The molecule has 6 rings (SSSR count). The van der Waals surface area contributed by atoms with Crippen LogP contribution in [-0.4, -0.2) is 89.1 Å². The predicted molar refractivity (Wildman–Crippen MR) is 180 cm³/mol. The molecule has 48 heavy (non-hydrogen) atoms. The molecule has 4 heterocycles. The Kier molecular flexibility index (Phi) is 9.79. The van der Waals surface area contributed by atoms with Gasteiger partial charge in [-0.15, -0.1) is 0 Å². The molecule has 0 aromatic heterocycles. The Morgan fingerprint density at radius 3 is 2.50 bits per heavy atom. The predicted octanol–water partition coefficient (Wildman–Crippen LogP) is 4.39. The number of amides is 3. The van der Waals surface area contributed by atoms with Crippen molar-refractivity contribution < 1.29 is 33.8 Å². The minimum Gasteiger partial charge on any atom is -0.455 e. The van der Waals surface area contributed by atoms with Crippen LogP contribution in [0.2, 0.25) is 5.02 Å². The summed E-state index contributed by atoms with van der Waals surface area (Å²) in [7, 11) is 1.70. The fourth-order valence-electron chi connectivity index (χ4n) is 7.66. The summed E-state index contributed by atoms with van der Waals surface area (Å²) in [4.78, 5) is 61.8. The SMILES string of the molecule is Cc1cccc(Cl)c1N1C/C=C\CCC(=O)N(C)[C@@H](C)[C@H](c2ccccc2)OC(=O)[C@@H]2[C@H]3C(=O)N(CCCCO)[C@H](C1=O)[C@]31C=C[C@H]2O1. The zero-order valence-electron chi connectivity index (χ0n) is 27.5. The molecular weight excluding hydrogens is 634 g/mol. The van der Waals surface area contributed by atoms with Crippen LogP contribution in [0.4, 0.5) is 5.69 Å². The highest BCUT2D eigenvalue weighted by atomic mass is 35.5. The molecule has 0 saturated carbocycles. The summed E-state index contributed by atoms with van der Waals surface area (Å²) in [5.41, 5.74) is 0.587. The van der Waals surface area contributed by atoms with Crippen LogP contribution in [0.3, 0.4) is 0 Å². The highest BCUT2D eigenvalue weighted by Gasteiger charge is 2.73. The summed E-state index contributed by atoms with van der Waals surface area (Å²) in [6, 6.07) is 13.0. The van der Waals surface area contributed by atoms with Gasteiger partial charge in [0.25, 0.3) is 5.91 Å². The van der Waals surface area contributed by atoms with Crippen molar-refractivity contribution >= 4 is 41.0 Å². The Balaban J connectivity index is 1.47. The van der Waals surface area contributed by atoms with Gasteiger partial charge in [-0.05, 0) is 50.3 Å². The van der Waals surface area contributed by atoms with Crippen LogP contribution in [0.5, 0.6) is 0 Å². The van der Waals surface area contributed by atoms with E-state index in [9.17, 15) is 24.3 Å². The van der Waals surface area contributed by atoms with Crippen molar-refractivity contribution in [2.24, 2.45) is 11.8 Å². The van der Waals surface area contributed by atoms with Crippen LogP contribution in [0.1, 0.15) is 49.8 Å². The number of para-hydroxylation sites is 1. The van der Waals surface area contributed by atoms with Gasteiger partial charge in [-0.3, -0.25) is 19.2 Å². The van der Waals surface area contributed by atoms with Crippen LogP contribution < -0.4 is 4.90 Å². The van der Waals surface area contributed by atoms with Crippen molar-refractivity contribution in [3.8, 4) is 0 Å². The molecule has 10 nitrogen and oxygen atoms in total. The Hall–Kier alpha value is -3.99. The molecule has 7 atom stereocenters. The molecule has 4 aliphatic heterocycles. The second-order valence-corrected chi connectivity index (χ2v) is 13.4. The van der Waals surface area contributed by atoms with Gasteiger partial charge in [-0.2, -0.15) is 0 Å². The zero-order valence-corrected chi connectivity index (χ0v) is 28.2. The van der Waals surface area contributed by atoms with Gasteiger partial charge in [0.1, 0.15) is 23.7 Å². The molecule has 4 aliphatic rings. The standard InChI is InChI=1S/C37H42ClN3O7/c1-23-13-12-16-26(38)31(23)40-20-9-5-8-17-28(43)39(3)24(2)32(25-14-6-4-7-15-25)47-36(46)29-27-18-19-37(48-27)30(29)34(44)41(21-10-11-22-42)33(37)35(40)45/h4-7,9,12-16,18-19,24,27,29-30,32-33,42H,8,10-11,17,20-22H2,1-3H3/b9-5-/t24-,27+,29-,30-,32+,33+,37-/m0/s1. The number of rotatable bonds is 6. The van der Waals surface area contributed by atoms with E-state index in [0.717, 1.165) is 5.56 Å². The molecule has 5 bridgehead atoms. The van der Waals surface area contributed by atoms with E-state index in [0.29, 0.717) is 35.5 Å². The molecule has 3 amide bonds. The maximum Gasteiger partial charge on any atom is 0.313 e. The molecule has 2 fully saturated rings. The number of ether oxygens (including phenoxy) is 2. The van der Waals surface area contributed by atoms with E-state index in [1.807, 2.05) is 68.5 Å². The number of nitrogens with zero attached hydrogens (tertiary/aromatic N) is 3. The molecule has 11 heteroatoms. The Morgan fingerprint density at radius 1 is 1.00 bits per heavy atom. The first-order valence-corrected chi connectivity index (χ1v) is 17.0. The topological polar surface area (TPSA) is 117 Å². The Morgan fingerprint density at radius 2 is 1.77 bits per heavy atom. The summed E-state index contributed by atoms with van der Waals surface area (Å²) in [6.07, 6.45) is 7.16. The van der Waals surface area contributed by atoms with Crippen LogP contribution in [-0.2, 0) is 28.7 Å². The lowest BCUT2D eigenvalue weighted by Gasteiger charge is -2.36. The number of hydrogen-bond donors (Lipinski definition) is 1. The minimum atomic E-state index is -1.41. The number of fused-ring (bicyclic) bond motifs is 2. The lowest BCUT2D eigenvalue weighted by Crippen LogP contribution is -2.56. The molecule has 0 aliphatic carbocycles. The number of aliphatic hydroxyl groups is 1. The van der Waals surface area contributed by atoms with Gasteiger partial charge in [-0.25, -0.2) is 0 Å². The average Bonchev–Trinajstić information content (AvgIpc) is 3.72. The van der Waals surface area contributed by atoms with Crippen LogP contribution in [0.15, 0.2) is 72.8 Å². The first-order valence-electron chi connectivity index (χ1n) is 16.6. The van der Waals surface area contributed by atoms with E-state index in [2.05, 4.69) is 0 Å². The second kappa shape index (κ2) is 13.9. The highest BCUT2D eigenvalue weighted by Crippen LogP contribution is 2.56. The van der Waals surface area contributed by atoms with Crippen LogP contribution >= 0.6 is 11.6 Å². The van der Waals surface area contributed by atoms with Gasteiger partial charge in [0.15, 0.2) is 0 Å². The van der Waals surface area contributed by atoms with E-state index >= 15 is 0 Å². The molecule has 2 aromatic carbocycles. The first kappa shape index (κ1) is 33.9. The third-order valence-corrected chi connectivity index (χ3v) is 10.5. The fourth-order valence-corrected chi connectivity index (χ4v) is 7.98. The zero-order chi connectivity index (χ0) is 34.2. The molecule has 1 spiro atoms. The van der Waals surface area contributed by atoms with Crippen molar-refractivity contribution in [2.75, 3.05) is 31.6 Å². The van der Waals surface area contributed by atoms with E-state index in [1.54, 1.807) is 35.1 Å². The number of allylic oxidation sites excluding steroid dienone is 1. The summed E-state index contributed by atoms with van der Waals surface area (Å²) in [5.74, 6) is -3.53. The molecule has 2 saturated heterocycles. The summed E-state index contributed by atoms with van der Waals surface area (Å²) in [5, 5.41) is 9.91. The molecule has 2 aromatic rings. The van der Waals surface area contributed by atoms with Crippen LogP contribution in [0, 0.1) is 18.8 Å². The monoisotopic (exact) mass is 675 g/mol. The van der Waals surface area contributed by atoms with Crippen LogP contribution in [0.25, 0.3) is 0 Å². The van der Waals surface area contributed by atoms with Crippen molar-refractivity contribution in [2.45, 2.75) is 69.4 Å². The van der Waals surface area contributed by atoms with Gasteiger partial charge in [0.2, 0.25) is 11.8 Å². The number of esters is 1. The van der Waals surface area contributed by atoms with E-state index in [4.69, 9.17) is 21.1 Å². The van der Waals surface area contributed by atoms with Crippen molar-refractivity contribution in [1.29, 1.82) is 0 Å². The van der Waals surface area contributed by atoms with Gasteiger partial charge < -0.3 is 29.3 Å². The molecule has 1 N–H and O–H groups in total. The maximum absolute atomic E-state index is 15.0. The number of carbonyl (C=O) groups is 4. The number of hydrogen-bond acceptors (Lipinski definition) is 7. The molecular formula is C37H42ClN3O7. The molecule has 0 radical (unpaired) electrons. The Labute approximate surface area is 285 Å². The normalized spacial score (nSPS) is 31.4. The summed E-state index contributed by atoms with van der Waals surface area (Å²) < 4.78 is 12.8. The fraction of sp³-hybridized carbons (Fsp3) is 0.459. The number of cyclic esters (lactones) is 1. The maximum atomic E-state index is 15.0. The number of likely N-dealkylation sites (N-methyl/N-ethyl adjacent to an activating group) is 1. The third-order valence-electron chi connectivity index (χ3n) is 10.2. The number of aliphatic hydroxyl groups excluding tert-OH is 1. The summed E-state index contributed by atoms with van der Waals surface area (Å²) in [6.45, 7) is 3.97. The largest absolute Gasteiger partial charge is 0.455 e. The Bertz CT molecular complexity index is 1610. The average molecular weight is 676 g/mol. The molecule has 254 valence electrons. The highest BCUT2D eigenvalue weighted by molar-refractivity contribution is 6.34. The smallest absolute Gasteiger partial charge is 0.313 e. The van der Waals surface area contributed by atoms with Crippen molar-refractivity contribution in [3.05, 3.63) is 89.0 Å². The van der Waals surface area contributed by atoms with E-state index in [-0.39, 0.29) is 37.9 Å². The van der Waals surface area contributed by atoms with Crippen molar-refractivity contribution in [3.63, 3.8) is 0 Å². The number of unbranched alkanes of at least 4 members (excludes halogenated alkanes) is 1. The molecule has 0 unspecified atom stereocenters. The minimum absolute atomic E-state index is 0.0611. The van der Waals surface area contributed by atoms with E-state index < -0.39 is 53.6 Å². The van der Waals surface area contributed by atoms with E-state index in [1.165, 1.54) is 4.90 Å². The summed E-state index contributed by atoms with van der Waals surface area (Å²) >= 11 is 6.73. The number of carbonyl (C=O) groups excluding carboxylic acids is 4. The number of likely N-dealkylation sites (tertiary alicyclic amines) is 1. The van der Waals surface area contributed by atoms with Gasteiger partial charge in [0, 0.05) is 33.2 Å². The lowest BCUT2D eigenvalue weighted by molar-refractivity contribution is -0.164. The van der Waals surface area contributed by atoms with Crippen molar-refractivity contribution in [1.82, 2.24) is 9.80 Å². The number of aryl methyl sites for hydroxylation is 1. The number of halogens is 1. The van der Waals surface area contributed by atoms with Gasteiger partial charge in [-0.1, -0.05) is 78.4 Å². The first-order chi connectivity index (χ1) is 23.1. The third kappa shape index (κ3) is 5.84. The second-order valence-electron chi connectivity index (χ2n) is 13.0. The number of anilines is 1. The van der Waals surface area contributed by atoms with Gasteiger partial charge >= 0.3 is 5.97 Å². The quantitative estimate of drug-likeness (QED) is 0.274.